The fourth-order valence-corrected chi connectivity index (χ4v) is 3.94. The van der Waals surface area contributed by atoms with Gasteiger partial charge >= 0.3 is 0 Å². The summed E-state index contributed by atoms with van der Waals surface area (Å²) in [7, 11) is 1.59. The Morgan fingerprint density at radius 3 is 2.42 bits per heavy atom. The van der Waals surface area contributed by atoms with Crippen LogP contribution < -0.4 is 19.5 Å². The first-order chi connectivity index (χ1) is 18.4. The van der Waals surface area contributed by atoms with E-state index >= 15 is 0 Å². The number of halogens is 2. The molecule has 0 radical (unpaired) electrons. The summed E-state index contributed by atoms with van der Waals surface area (Å²) in [6.07, 6.45) is 3.77. The van der Waals surface area contributed by atoms with E-state index < -0.39 is 5.91 Å². The van der Waals surface area contributed by atoms with Crippen molar-refractivity contribution in [2.24, 2.45) is 0 Å². The first-order valence-corrected chi connectivity index (χ1v) is 12.6. The summed E-state index contributed by atoms with van der Waals surface area (Å²) in [5, 5.41) is 13.4. The van der Waals surface area contributed by atoms with Crippen LogP contribution in [0.3, 0.4) is 0 Å². The van der Waals surface area contributed by atoms with Gasteiger partial charge in [-0.1, -0.05) is 47.5 Å². The second-order valence-corrected chi connectivity index (χ2v) is 8.99. The molecule has 0 aliphatic rings. The molecule has 1 amide bonds. The van der Waals surface area contributed by atoms with Crippen molar-refractivity contribution in [2.45, 2.75) is 26.5 Å². The van der Waals surface area contributed by atoms with Crippen molar-refractivity contribution in [3.8, 4) is 23.3 Å². The van der Waals surface area contributed by atoms with Crippen LogP contribution in [0.5, 0.6) is 17.2 Å². The van der Waals surface area contributed by atoms with Crippen molar-refractivity contribution in [1.29, 1.82) is 5.26 Å². The topological polar surface area (TPSA) is 80.6 Å². The molecule has 3 aromatic carbocycles. The largest absolute Gasteiger partial charge is 0.497 e. The van der Waals surface area contributed by atoms with Crippen molar-refractivity contribution in [2.75, 3.05) is 13.7 Å². The number of nitrogens with one attached hydrogen (secondary N) is 1. The van der Waals surface area contributed by atoms with Gasteiger partial charge in [-0.25, -0.2) is 0 Å². The zero-order valence-electron chi connectivity index (χ0n) is 21.2. The molecule has 6 nitrogen and oxygen atoms in total. The van der Waals surface area contributed by atoms with Gasteiger partial charge in [-0.05, 0) is 72.5 Å². The number of nitriles is 1. The number of carbonyl (C=O) groups is 1. The number of amides is 1. The highest BCUT2D eigenvalue weighted by atomic mass is 35.5. The summed E-state index contributed by atoms with van der Waals surface area (Å²) in [5.74, 6) is 1.29. The monoisotopic (exact) mass is 550 g/mol. The lowest BCUT2D eigenvalue weighted by atomic mass is 10.0. The lowest BCUT2D eigenvalue weighted by Gasteiger charge is -2.17. The number of carbonyl (C=O) groups excluding carboxylic acids is 1. The molecule has 8 heteroatoms. The van der Waals surface area contributed by atoms with Crippen molar-refractivity contribution >= 4 is 35.2 Å². The summed E-state index contributed by atoms with van der Waals surface area (Å²) in [5.41, 5.74) is 3.12. The third-order valence-electron chi connectivity index (χ3n) is 5.47. The Kier molecular flexibility index (Phi) is 10.7. The number of methoxy groups -OCH3 is 1. The molecule has 196 valence electrons. The predicted octanol–water partition coefficient (Wildman–Crippen LogP) is 6.93. The van der Waals surface area contributed by atoms with Gasteiger partial charge in [0.25, 0.3) is 5.91 Å². The number of nitrogens with zero attached hydrogens (tertiary/aromatic N) is 1. The van der Waals surface area contributed by atoms with E-state index in [1.165, 1.54) is 6.08 Å². The second-order valence-electron chi connectivity index (χ2n) is 8.17. The third-order valence-corrected chi connectivity index (χ3v) is 6.21. The molecule has 0 fully saturated rings. The molecule has 0 aromatic heterocycles. The van der Waals surface area contributed by atoms with Gasteiger partial charge in [-0.3, -0.25) is 4.79 Å². The number of rotatable bonds is 12. The Morgan fingerprint density at radius 2 is 1.79 bits per heavy atom. The van der Waals surface area contributed by atoms with E-state index in [-0.39, 0.29) is 18.7 Å². The number of benzene rings is 3. The van der Waals surface area contributed by atoms with Crippen LogP contribution in [0, 0.1) is 11.3 Å². The molecule has 0 atom stereocenters. The molecule has 1 N–H and O–H groups in total. The summed E-state index contributed by atoms with van der Waals surface area (Å²) in [6.45, 7) is 6.63. The average Bonchev–Trinajstić information content (AvgIpc) is 2.92. The van der Waals surface area contributed by atoms with E-state index in [0.29, 0.717) is 40.1 Å². The molecule has 0 aliphatic heterocycles. The highest BCUT2D eigenvalue weighted by Gasteiger charge is 2.16. The molecule has 0 saturated carbocycles. The van der Waals surface area contributed by atoms with Crippen molar-refractivity contribution in [3.63, 3.8) is 0 Å². The van der Waals surface area contributed by atoms with Gasteiger partial charge in [0, 0.05) is 12.1 Å². The second kappa shape index (κ2) is 14.1. The molecule has 0 spiro atoms. The van der Waals surface area contributed by atoms with Gasteiger partial charge in [0.1, 0.15) is 24.0 Å². The summed E-state index contributed by atoms with van der Waals surface area (Å²) in [6, 6.07) is 18.2. The van der Waals surface area contributed by atoms with Crippen LogP contribution in [-0.4, -0.2) is 19.6 Å². The number of allylic oxidation sites excluding steroid dienone is 1. The minimum Gasteiger partial charge on any atom is -0.497 e. The normalized spacial score (nSPS) is 10.9. The van der Waals surface area contributed by atoms with Gasteiger partial charge < -0.3 is 19.5 Å². The van der Waals surface area contributed by atoms with Gasteiger partial charge in [-0.2, -0.15) is 5.26 Å². The van der Waals surface area contributed by atoms with Gasteiger partial charge in [0.15, 0.2) is 11.5 Å². The minimum absolute atomic E-state index is 0.0324. The molecular weight excluding hydrogens is 523 g/mol. The molecule has 3 aromatic rings. The zero-order valence-corrected chi connectivity index (χ0v) is 22.7. The Hall–Kier alpha value is -3.92. The number of hydrogen-bond acceptors (Lipinski definition) is 5. The maximum absolute atomic E-state index is 12.8. The minimum atomic E-state index is -0.480. The van der Waals surface area contributed by atoms with Crippen LogP contribution in [0.25, 0.3) is 6.08 Å². The lowest BCUT2D eigenvalue weighted by Crippen LogP contribution is -2.23. The zero-order chi connectivity index (χ0) is 27.5. The Morgan fingerprint density at radius 1 is 1.05 bits per heavy atom. The number of hydrogen-bond donors (Lipinski definition) is 1. The Balaban J connectivity index is 1.85. The quantitative estimate of drug-likeness (QED) is 0.150. The smallest absolute Gasteiger partial charge is 0.262 e. The van der Waals surface area contributed by atoms with Crippen LogP contribution in [0.2, 0.25) is 10.0 Å². The highest BCUT2D eigenvalue weighted by molar-refractivity contribution is 6.42. The average molecular weight is 551 g/mol. The first kappa shape index (κ1) is 28.6. The molecule has 3 rings (SSSR count). The van der Waals surface area contributed by atoms with E-state index in [0.717, 1.165) is 22.4 Å². The van der Waals surface area contributed by atoms with Crippen molar-refractivity contribution in [3.05, 3.63) is 105 Å². The van der Waals surface area contributed by atoms with Gasteiger partial charge in [0.05, 0.1) is 23.8 Å². The molecule has 0 heterocycles. The summed E-state index contributed by atoms with van der Waals surface area (Å²) in [4.78, 5) is 12.8. The van der Waals surface area contributed by atoms with Crippen LogP contribution in [0.1, 0.15) is 29.2 Å². The predicted molar refractivity (Wildman–Crippen MR) is 151 cm³/mol. The Bertz CT molecular complexity index is 1360. The van der Waals surface area contributed by atoms with E-state index in [2.05, 4.69) is 11.9 Å². The SMILES string of the molecule is C=CCc1cc(C=C(C#N)C(=O)NCc2ccc(OC)cc2)cc(OCC)c1OCc1ccc(Cl)c(Cl)c1. The lowest BCUT2D eigenvalue weighted by molar-refractivity contribution is -0.117. The van der Waals surface area contributed by atoms with Crippen LogP contribution in [0.4, 0.5) is 0 Å². The molecule has 38 heavy (non-hydrogen) atoms. The molecule has 0 unspecified atom stereocenters. The van der Waals surface area contributed by atoms with Gasteiger partial charge in [0.2, 0.25) is 0 Å². The maximum Gasteiger partial charge on any atom is 0.262 e. The van der Waals surface area contributed by atoms with Crippen molar-refractivity contribution in [1.82, 2.24) is 5.32 Å². The Labute approximate surface area is 233 Å². The molecule has 0 saturated heterocycles. The first-order valence-electron chi connectivity index (χ1n) is 11.9. The van der Waals surface area contributed by atoms with E-state index in [9.17, 15) is 10.1 Å². The fourth-order valence-electron chi connectivity index (χ4n) is 3.62. The van der Waals surface area contributed by atoms with Crippen molar-refractivity contribution < 1.29 is 19.0 Å². The fraction of sp³-hybridized carbons (Fsp3) is 0.200. The van der Waals surface area contributed by atoms with E-state index in [1.807, 2.05) is 49.4 Å². The van der Waals surface area contributed by atoms with Crippen LogP contribution in [-0.2, 0) is 24.4 Å². The molecule has 0 bridgehead atoms. The maximum atomic E-state index is 12.8. The third kappa shape index (κ3) is 7.79. The van der Waals surface area contributed by atoms with Gasteiger partial charge in [-0.15, -0.1) is 6.58 Å². The molecular formula is C30H28Cl2N2O4. The van der Waals surface area contributed by atoms with E-state index in [1.54, 1.807) is 31.4 Å². The van der Waals surface area contributed by atoms with Crippen LogP contribution in [0.15, 0.2) is 72.8 Å². The standard InChI is InChI=1S/C30H28Cl2N2O4/c1-4-6-23-13-22(14-24(17-33)30(35)34-18-20-7-10-25(36-3)11-8-20)16-28(37-5-2)29(23)38-19-21-9-12-26(31)27(32)15-21/h4,7-16H,1,5-6,18-19H2,2-3H3,(H,34,35). The van der Waals surface area contributed by atoms with Crippen LogP contribution >= 0.6 is 23.2 Å². The summed E-state index contributed by atoms with van der Waals surface area (Å²) >= 11 is 12.2. The molecule has 0 aliphatic carbocycles. The van der Waals surface area contributed by atoms with E-state index in [4.69, 9.17) is 37.4 Å². The number of ether oxygens (including phenoxy) is 3. The highest BCUT2D eigenvalue weighted by Crippen LogP contribution is 2.35. The summed E-state index contributed by atoms with van der Waals surface area (Å²) < 4.78 is 17.2.